The summed E-state index contributed by atoms with van der Waals surface area (Å²) < 4.78 is 2.10. The molecule has 1 aliphatic rings. The van der Waals surface area contributed by atoms with Crippen LogP contribution in [-0.4, -0.2) is 39.9 Å². The van der Waals surface area contributed by atoms with E-state index in [1.165, 1.54) is 17.8 Å². The second kappa shape index (κ2) is 7.76. The van der Waals surface area contributed by atoms with Crippen LogP contribution in [0.5, 0.6) is 0 Å². The zero-order valence-corrected chi connectivity index (χ0v) is 16.1. The molecular weight excluding hydrogens is 366 g/mol. The van der Waals surface area contributed by atoms with Crippen LogP contribution in [-0.2, 0) is 11.8 Å². The number of carbonyl (C=O) groups is 2. The van der Waals surface area contributed by atoms with Gasteiger partial charge >= 0.3 is 0 Å². The van der Waals surface area contributed by atoms with Gasteiger partial charge in [-0.1, -0.05) is 0 Å². The quantitative estimate of drug-likeness (QED) is 0.697. The molecule has 1 fully saturated rings. The number of aryl methyl sites for hydroxylation is 1. The van der Waals surface area contributed by atoms with Crippen LogP contribution in [0.3, 0.4) is 0 Å². The minimum Gasteiger partial charge on any atom is -0.350 e. The Morgan fingerprint density at radius 1 is 1.28 bits per heavy atom. The van der Waals surface area contributed by atoms with Crippen molar-refractivity contribution in [3.8, 4) is 6.07 Å². The van der Waals surface area contributed by atoms with Gasteiger partial charge in [0.05, 0.1) is 11.6 Å². The zero-order valence-electron chi connectivity index (χ0n) is 16.1. The summed E-state index contributed by atoms with van der Waals surface area (Å²) in [4.78, 5) is 29.4. The fourth-order valence-electron chi connectivity index (χ4n) is 3.96. The number of nitrogens with one attached hydrogen (secondary N) is 1. The fraction of sp³-hybridized carbons (Fsp3) is 0.273. The predicted molar refractivity (Wildman–Crippen MR) is 109 cm³/mol. The van der Waals surface area contributed by atoms with Crippen molar-refractivity contribution in [3.63, 3.8) is 0 Å². The van der Waals surface area contributed by atoms with Gasteiger partial charge in [-0.3, -0.25) is 14.6 Å². The molecule has 1 aliphatic heterocycles. The van der Waals surface area contributed by atoms with Crippen molar-refractivity contribution in [3.05, 3.63) is 59.5 Å². The van der Waals surface area contributed by atoms with Gasteiger partial charge in [0.2, 0.25) is 6.41 Å². The SMILES string of the molecule is Cn1cc(C2CCN(C=O)CC2)c2cc(NC(=O)c3cc(C#N)ccn3)ccc21. The Bertz CT molecular complexity index is 1120. The largest absolute Gasteiger partial charge is 0.350 e. The zero-order chi connectivity index (χ0) is 20.4. The number of hydrogen-bond acceptors (Lipinski definition) is 4. The van der Waals surface area contributed by atoms with Crippen LogP contribution < -0.4 is 5.32 Å². The minimum atomic E-state index is -0.349. The molecule has 0 aliphatic carbocycles. The second-order valence-electron chi connectivity index (χ2n) is 7.34. The molecule has 7 nitrogen and oxygen atoms in total. The first kappa shape index (κ1) is 18.7. The molecule has 29 heavy (non-hydrogen) atoms. The topological polar surface area (TPSA) is 91.0 Å². The van der Waals surface area contributed by atoms with E-state index in [0.29, 0.717) is 17.2 Å². The van der Waals surface area contributed by atoms with Crippen molar-refractivity contribution >= 4 is 28.9 Å². The molecule has 146 valence electrons. The van der Waals surface area contributed by atoms with Crippen molar-refractivity contribution in [2.75, 3.05) is 18.4 Å². The van der Waals surface area contributed by atoms with Crippen molar-refractivity contribution < 1.29 is 9.59 Å². The average molecular weight is 387 g/mol. The molecule has 2 aromatic heterocycles. The first-order valence-corrected chi connectivity index (χ1v) is 9.55. The third kappa shape index (κ3) is 3.69. The molecule has 4 rings (SSSR count). The molecule has 0 saturated carbocycles. The van der Waals surface area contributed by atoms with Crippen LogP contribution in [0, 0.1) is 11.3 Å². The summed E-state index contributed by atoms with van der Waals surface area (Å²) >= 11 is 0. The molecule has 1 aromatic carbocycles. The van der Waals surface area contributed by atoms with Gasteiger partial charge in [-0.15, -0.1) is 0 Å². The molecule has 0 radical (unpaired) electrons. The van der Waals surface area contributed by atoms with E-state index in [0.717, 1.165) is 43.2 Å². The van der Waals surface area contributed by atoms with Gasteiger partial charge in [0.25, 0.3) is 5.91 Å². The predicted octanol–water partition coefficient (Wildman–Crippen LogP) is 3.03. The van der Waals surface area contributed by atoms with E-state index >= 15 is 0 Å². The molecule has 3 aromatic rings. The van der Waals surface area contributed by atoms with E-state index in [4.69, 9.17) is 5.26 Å². The molecule has 1 saturated heterocycles. The maximum absolute atomic E-state index is 12.6. The van der Waals surface area contributed by atoms with Gasteiger partial charge in [0.1, 0.15) is 5.69 Å². The summed E-state index contributed by atoms with van der Waals surface area (Å²) in [6, 6.07) is 10.9. The van der Waals surface area contributed by atoms with Gasteiger partial charge in [-0.25, -0.2) is 0 Å². The number of carbonyl (C=O) groups excluding carboxylic acids is 2. The maximum atomic E-state index is 12.6. The van der Waals surface area contributed by atoms with Crippen LogP contribution in [0.2, 0.25) is 0 Å². The number of benzene rings is 1. The number of amides is 2. The highest BCUT2D eigenvalue weighted by Crippen LogP contribution is 2.35. The lowest BCUT2D eigenvalue weighted by Crippen LogP contribution is -2.31. The van der Waals surface area contributed by atoms with E-state index in [2.05, 4.69) is 21.1 Å². The molecule has 3 heterocycles. The Kier molecular flexibility index (Phi) is 5.00. The van der Waals surface area contributed by atoms with Gasteiger partial charge in [-0.2, -0.15) is 5.26 Å². The van der Waals surface area contributed by atoms with Crippen LogP contribution in [0.25, 0.3) is 10.9 Å². The van der Waals surface area contributed by atoms with Crippen LogP contribution in [0.15, 0.2) is 42.7 Å². The van der Waals surface area contributed by atoms with Gasteiger partial charge in [0.15, 0.2) is 0 Å². The van der Waals surface area contributed by atoms with E-state index in [9.17, 15) is 9.59 Å². The summed E-state index contributed by atoms with van der Waals surface area (Å²) in [5, 5.41) is 13.0. The second-order valence-corrected chi connectivity index (χ2v) is 7.34. The summed E-state index contributed by atoms with van der Waals surface area (Å²) in [6.07, 6.45) is 6.38. The number of nitriles is 1. The number of pyridine rings is 1. The van der Waals surface area contributed by atoms with Crippen molar-refractivity contribution in [1.82, 2.24) is 14.5 Å². The number of anilines is 1. The Morgan fingerprint density at radius 2 is 2.07 bits per heavy atom. The molecule has 0 atom stereocenters. The lowest BCUT2D eigenvalue weighted by Gasteiger charge is -2.29. The molecule has 1 N–H and O–H groups in total. The molecule has 2 amide bonds. The lowest BCUT2D eigenvalue weighted by molar-refractivity contribution is -0.119. The van der Waals surface area contributed by atoms with Crippen molar-refractivity contribution in [1.29, 1.82) is 5.26 Å². The van der Waals surface area contributed by atoms with E-state index in [1.54, 1.807) is 6.07 Å². The third-order valence-corrected chi connectivity index (χ3v) is 5.52. The maximum Gasteiger partial charge on any atom is 0.274 e. The Labute approximate surface area is 168 Å². The first-order valence-electron chi connectivity index (χ1n) is 9.55. The number of fused-ring (bicyclic) bond motifs is 1. The summed E-state index contributed by atoms with van der Waals surface area (Å²) in [6.45, 7) is 1.53. The minimum absolute atomic E-state index is 0.207. The number of rotatable bonds is 4. The average Bonchev–Trinajstić information content (AvgIpc) is 3.09. The van der Waals surface area contributed by atoms with Crippen LogP contribution >= 0.6 is 0 Å². The summed E-state index contributed by atoms with van der Waals surface area (Å²) in [7, 11) is 2.02. The monoisotopic (exact) mass is 387 g/mol. The van der Waals surface area contributed by atoms with Crippen LogP contribution in [0.1, 0.15) is 40.4 Å². The van der Waals surface area contributed by atoms with E-state index in [-0.39, 0.29) is 11.6 Å². The summed E-state index contributed by atoms with van der Waals surface area (Å²) in [5.74, 6) is 0.0352. The highest BCUT2D eigenvalue weighted by molar-refractivity contribution is 6.04. The van der Waals surface area contributed by atoms with Crippen LogP contribution in [0.4, 0.5) is 5.69 Å². The normalized spacial score (nSPS) is 14.6. The van der Waals surface area contributed by atoms with E-state index < -0.39 is 0 Å². The van der Waals surface area contributed by atoms with Gasteiger partial charge in [0, 0.05) is 49.1 Å². The standard InChI is InChI=1S/C22H21N5O2/c1-26-13-19(16-5-8-27(14-28)9-6-16)18-11-17(2-3-21(18)26)25-22(29)20-10-15(12-23)4-7-24-20/h2-4,7,10-11,13-14,16H,5-6,8-9H2,1H3,(H,25,29). The fourth-order valence-corrected chi connectivity index (χ4v) is 3.96. The highest BCUT2D eigenvalue weighted by Gasteiger charge is 2.23. The van der Waals surface area contributed by atoms with Gasteiger partial charge in [-0.05, 0) is 54.7 Å². The highest BCUT2D eigenvalue weighted by atomic mass is 16.2. The lowest BCUT2D eigenvalue weighted by atomic mass is 9.89. The number of piperidine rings is 1. The molecule has 0 spiro atoms. The number of aromatic nitrogens is 2. The van der Waals surface area contributed by atoms with E-state index in [1.807, 2.05) is 36.2 Å². The third-order valence-electron chi connectivity index (χ3n) is 5.52. The first-order chi connectivity index (χ1) is 14.1. The van der Waals surface area contributed by atoms with Crippen molar-refractivity contribution in [2.24, 2.45) is 7.05 Å². The number of likely N-dealkylation sites (tertiary alicyclic amines) is 1. The molecular formula is C22H21N5O2. The smallest absolute Gasteiger partial charge is 0.274 e. The number of hydrogen-bond donors (Lipinski definition) is 1. The number of nitrogens with zero attached hydrogens (tertiary/aromatic N) is 4. The molecule has 0 bridgehead atoms. The molecule has 0 unspecified atom stereocenters. The Hall–Kier alpha value is -3.66. The molecule has 7 heteroatoms. The van der Waals surface area contributed by atoms with Crippen molar-refractivity contribution in [2.45, 2.75) is 18.8 Å². The Balaban J connectivity index is 1.61. The summed E-state index contributed by atoms with van der Waals surface area (Å²) in [5.41, 5.74) is 3.63. The van der Waals surface area contributed by atoms with Gasteiger partial charge < -0.3 is 14.8 Å². The Morgan fingerprint density at radius 3 is 2.79 bits per heavy atom.